The van der Waals surface area contributed by atoms with Crippen molar-refractivity contribution in [3.8, 4) is 0 Å². The van der Waals surface area contributed by atoms with Crippen LogP contribution in [0.15, 0.2) is 28.3 Å². The Morgan fingerprint density at radius 2 is 2.41 bits per heavy atom. The second kappa shape index (κ2) is 5.80. The Labute approximate surface area is 114 Å². The summed E-state index contributed by atoms with van der Waals surface area (Å²) in [5.41, 5.74) is 0. The molecular weight excluding hydrogens is 298 g/mol. The van der Waals surface area contributed by atoms with Gasteiger partial charge in [0.15, 0.2) is 0 Å². The highest BCUT2D eigenvalue weighted by molar-refractivity contribution is 9.10. The zero-order valence-electron chi connectivity index (χ0n) is 9.98. The van der Waals surface area contributed by atoms with Crippen LogP contribution in [0.25, 0.3) is 0 Å². The summed E-state index contributed by atoms with van der Waals surface area (Å²) in [6.07, 6.45) is 4.94. The summed E-state index contributed by atoms with van der Waals surface area (Å²) in [6.45, 7) is 3.16. The van der Waals surface area contributed by atoms with E-state index in [4.69, 9.17) is 0 Å². The third-order valence-electron chi connectivity index (χ3n) is 2.62. The van der Waals surface area contributed by atoms with Crippen molar-refractivity contribution in [1.82, 2.24) is 14.9 Å². The number of halogens is 1. The van der Waals surface area contributed by atoms with Crippen LogP contribution in [0, 0.1) is 0 Å². The van der Waals surface area contributed by atoms with E-state index >= 15 is 0 Å². The Bertz CT molecular complexity index is 437. The van der Waals surface area contributed by atoms with E-state index in [1.807, 2.05) is 19.4 Å². The quantitative estimate of drug-likeness (QED) is 0.917. The topological polar surface area (TPSA) is 29.9 Å². The molecule has 0 saturated carbocycles. The summed E-state index contributed by atoms with van der Waals surface area (Å²) in [6, 6.07) is 2.26. The fraction of sp³-hybridized carbons (Fsp3) is 0.417. The number of imidazole rings is 1. The van der Waals surface area contributed by atoms with Gasteiger partial charge >= 0.3 is 0 Å². The number of hydrogen-bond donors (Lipinski definition) is 1. The molecule has 17 heavy (non-hydrogen) atoms. The van der Waals surface area contributed by atoms with Crippen LogP contribution in [0.4, 0.5) is 0 Å². The smallest absolute Gasteiger partial charge is 0.131 e. The maximum atomic E-state index is 4.45. The molecule has 0 fully saturated rings. The van der Waals surface area contributed by atoms with Crippen LogP contribution in [0.1, 0.15) is 30.1 Å². The van der Waals surface area contributed by atoms with E-state index < -0.39 is 0 Å². The molecule has 0 aromatic carbocycles. The monoisotopic (exact) mass is 313 g/mol. The molecule has 2 aromatic heterocycles. The van der Waals surface area contributed by atoms with Gasteiger partial charge in [-0.25, -0.2) is 4.98 Å². The average Bonchev–Trinajstić information content (AvgIpc) is 2.90. The van der Waals surface area contributed by atoms with Crippen molar-refractivity contribution < 1.29 is 0 Å². The molecule has 1 N–H and O–H groups in total. The average molecular weight is 314 g/mol. The third kappa shape index (κ3) is 2.78. The van der Waals surface area contributed by atoms with E-state index in [2.05, 4.69) is 49.2 Å². The Morgan fingerprint density at radius 3 is 2.94 bits per heavy atom. The van der Waals surface area contributed by atoms with Gasteiger partial charge in [-0.3, -0.25) is 0 Å². The Hall–Kier alpha value is -0.650. The van der Waals surface area contributed by atoms with Crippen molar-refractivity contribution in [2.45, 2.75) is 19.4 Å². The molecule has 5 heteroatoms. The van der Waals surface area contributed by atoms with E-state index in [9.17, 15) is 0 Å². The molecule has 2 rings (SSSR count). The van der Waals surface area contributed by atoms with Crippen LogP contribution < -0.4 is 5.32 Å². The number of aromatic nitrogens is 2. The molecule has 3 nitrogen and oxygen atoms in total. The van der Waals surface area contributed by atoms with Gasteiger partial charge in [0, 0.05) is 28.8 Å². The molecule has 0 saturated heterocycles. The lowest BCUT2D eigenvalue weighted by Crippen LogP contribution is -2.25. The molecule has 92 valence electrons. The molecule has 0 aliphatic rings. The van der Waals surface area contributed by atoms with E-state index in [1.165, 1.54) is 4.88 Å². The molecule has 2 heterocycles. The Kier molecular flexibility index (Phi) is 4.36. The first kappa shape index (κ1) is 12.8. The zero-order chi connectivity index (χ0) is 12.3. The van der Waals surface area contributed by atoms with Crippen LogP contribution in [0.2, 0.25) is 0 Å². The van der Waals surface area contributed by atoms with E-state index in [0.717, 1.165) is 23.3 Å². The number of nitrogens with one attached hydrogen (secondary N) is 1. The molecule has 1 unspecified atom stereocenters. The zero-order valence-corrected chi connectivity index (χ0v) is 12.4. The van der Waals surface area contributed by atoms with Crippen LogP contribution in [-0.2, 0) is 7.05 Å². The predicted octanol–water partition coefficient (Wildman–Crippen LogP) is 3.33. The van der Waals surface area contributed by atoms with Gasteiger partial charge in [0.25, 0.3) is 0 Å². The largest absolute Gasteiger partial charge is 0.336 e. The molecule has 0 spiro atoms. The van der Waals surface area contributed by atoms with Crippen molar-refractivity contribution in [3.05, 3.63) is 39.0 Å². The normalized spacial score (nSPS) is 12.9. The lowest BCUT2D eigenvalue weighted by atomic mass is 10.2. The highest BCUT2D eigenvalue weighted by Gasteiger charge is 2.20. The second-order valence-electron chi connectivity index (χ2n) is 3.92. The predicted molar refractivity (Wildman–Crippen MR) is 75.4 cm³/mol. The summed E-state index contributed by atoms with van der Waals surface area (Å²) >= 11 is 5.35. The Morgan fingerprint density at radius 1 is 1.59 bits per heavy atom. The fourth-order valence-corrected chi connectivity index (χ4v) is 3.43. The van der Waals surface area contributed by atoms with E-state index in [1.54, 1.807) is 11.3 Å². The minimum absolute atomic E-state index is 0.171. The maximum Gasteiger partial charge on any atom is 0.131 e. The van der Waals surface area contributed by atoms with Crippen LogP contribution >= 0.6 is 27.3 Å². The minimum atomic E-state index is 0.171. The number of rotatable bonds is 5. The molecule has 0 aliphatic heterocycles. The summed E-state index contributed by atoms with van der Waals surface area (Å²) in [5, 5.41) is 5.65. The van der Waals surface area contributed by atoms with Gasteiger partial charge in [0.2, 0.25) is 0 Å². The van der Waals surface area contributed by atoms with Gasteiger partial charge in [0.1, 0.15) is 11.9 Å². The SMILES string of the molecule is CCCNC(c1sccc1Br)c1nccn1C. The van der Waals surface area contributed by atoms with Crippen molar-refractivity contribution in [2.75, 3.05) is 6.54 Å². The number of hydrogen-bond acceptors (Lipinski definition) is 3. The molecule has 2 aromatic rings. The molecule has 0 bridgehead atoms. The first-order chi connectivity index (χ1) is 8.24. The fourth-order valence-electron chi connectivity index (χ4n) is 1.76. The van der Waals surface area contributed by atoms with Gasteiger partial charge in [-0.2, -0.15) is 0 Å². The molecule has 0 radical (unpaired) electrons. The van der Waals surface area contributed by atoms with Gasteiger partial charge in [-0.05, 0) is 40.3 Å². The van der Waals surface area contributed by atoms with Crippen molar-refractivity contribution >= 4 is 27.3 Å². The van der Waals surface area contributed by atoms with Gasteiger partial charge in [-0.1, -0.05) is 6.92 Å². The first-order valence-electron chi connectivity index (χ1n) is 5.67. The van der Waals surface area contributed by atoms with Crippen LogP contribution in [0.3, 0.4) is 0 Å². The van der Waals surface area contributed by atoms with Crippen LogP contribution in [-0.4, -0.2) is 16.1 Å². The molecule has 0 amide bonds. The molecule has 1 atom stereocenters. The summed E-state index contributed by atoms with van der Waals surface area (Å²) in [7, 11) is 2.03. The summed E-state index contributed by atoms with van der Waals surface area (Å²) in [5.74, 6) is 1.06. The number of aryl methyl sites for hydroxylation is 1. The van der Waals surface area contributed by atoms with Crippen molar-refractivity contribution in [1.29, 1.82) is 0 Å². The molecular formula is C12H16BrN3S. The standard InChI is InChI=1S/C12H16BrN3S/c1-3-5-14-10(11-9(13)4-8-17-11)12-15-6-7-16(12)2/h4,6-8,10,14H,3,5H2,1-2H3. The maximum absolute atomic E-state index is 4.45. The summed E-state index contributed by atoms with van der Waals surface area (Å²) < 4.78 is 3.22. The number of nitrogens with zero attached hydrogens (tertiary/aromatic N) is 2. The van der Waals surface area contributed by atoms with Gasteiger partial charge in [0.05, 0.1) is 0 Å². The van der Waals surface area contributed by atoms with Gasteiger partial charge < -0.3 is 9.88 Å². The minimum Gasteiger partial charge on any atom is -0.336 e. The lowest BCUT2D eigenvalue weighted by molar-refractivity contribution is 0.561. The lowest BCUT2D eigenvalue weighted by Gasteiger charge is -2.17. The summed E-state index contributed by atoms with van der Waals surface area (Å²) in [4.78, 5) is 5.74. The van der Waals surface area contributed by atoms with Crippen LogP contribution in [0.5, 0.6) is 0 Å². The highest BCUT2D eigenvalue weighted by atomic mass is 79.9. The second-order valence-corrected chi connectivity index (χ2v) is 5.72. The highest BCUT2D eigenvalue weighted by Crippen LogP contribution is 2.32. The molecule has 0 aliphatic carbocycles. The van der Waals surface area contributed by atoms with E-state index in [-0.39, 0.29) is 6.04 Å². The number of thiophene rings is 1. The van der Waals surface area contributed by atoms with Crippen molar-refractivity contribution in [3.63, 3.8) is 0 Å². The third-order valence-corrected chi connectivity index (χ3v) is 4.56. The van der Waals surface area contributed by atoms with Crippen molar-refractivity contribution in [2.24, 2.45) is 7.05 Å². The Balaban J connectivity index is 2.32. The van der Waals surface area contributed by atoms with E-state index in [0.29, 0.717) is 0 Å². The first-order valence-corrected chi connectivity index (χ1v) is 7.34. The van der Waals surface area contributed by atoms with Gasteiger partial charge in [-0.15, -0.1) is 11.3 Å².